The number of ketones is 1. The normalized spacial score (nSPS) is 27.2. The van der Waals surface area contributed by atoms with Gasteiger partial charge in [-0.05, 0) is 47.3 Å². The van der Waals surface area contributed by atoms with Crippen molar-refractivity contribution in [2.24, 2.45) is 40.4 Å². The van der Waals surface area contributed by atoms with E-state index in [9.17, 15) is 24.0 Å². The second kappa shape index (κ2) is 11.8. The van der Waals surface area contributed by atoms with Gasteiger partial charge in [0.2, 0.25) is 23.5 Å². The molecule has 0 bridgehead atoms. The Morgan fingerprint density at radius 2 is 1.55 bits per heavy atom. The quantitative estimate of drug-likeness (QED) is 0.335. The summed E-state index contributed by atoms with van der Waals surface area (Å²) in [6.45, 7) is 19.8. The number of rotatable bonds is 11. The smallest absolute Gasteiger partial charge is 0.289 e. The highest BCUT2D eigenvalue weighted by Gasteiger charge is 2.51. The molecule has 0 aromatic heterocycles. The van der Waals surface area contributed by atoms with Crippen molar-refractivity contribution < 1.29 is 24.0 Å². The zero-order valence-electron chi connectivity index (χ0n) is 26.2. The number of amides is 4. The van der Waals surface area contributed by atoms with Crippen LogP contribution in [0.3, 0.4) is 0 Å². The van der Waals surface area contributed by atoms with Crippen LogP contribution in [0.5, 0.6) is 0 Å². The van der Waals surface area contributed by atoms with Crippen molar-refractivity contribution in [3.05, 3.63) is 0 Å². The molecule has 9 heteroatoms. The van der Waals surface area contributed by atoms with Crippen LogP contribution in [-0.4, -0.2) is 65.0 Å². The Hall–Kier alpha value is -2.45. The molecule has 2 aliphatic carbocycles. The molecule has 3 aliphatic rings. The number of hydrogen-bond donors (Lipinski definition) is 3. The minimum atomic E-state index is -0.929. The van der Waals surface area contributed by atoms with Crippen LogP contribution in [0.4, 0.5) is 0 Å². The molecular weight excluding hydrogens is 508 g/mol. The van der Waals surface area contributed by atoms with Crippen LogP contribution in [0.2, 0.25) is 0 Å². The first-order valence-electron chi connectivity index (χ1n) is 15.1. The number of hydrogen-bond acceptors (Lipinski definition) is 5. The van der Waals surface area contributed by atoms with Crippen LogP contribution in [-0.2, 0) is 24.0 Å². The lowest BCUT2D eigenvalue weighted by atomic mass is 9.81. The third kappa shape index (κ3) is 7.43. The summed E-state index contributed by atoms with van der Waals surface area (Å²) in [5.41, 5.74) is -0.605. The van der Waals surface area contributed by atoms with Gasteiger partial charge in [-0.25, -0.2) is 0 Å². The maximum atomic E-state index is 14.1. The fourth-order valence-electron chi connectivity index (χ4n) is 6.03. The molecule has 1 saturated heterocycles. The Bertz CT molecular complexity index is 1010. The molecule has 4 amide bonds. The number of nitrogens with one attached hydrogen (secondary N) is 3. The van der Waals surface area contributed by atoms with Gasteiger partial charge < -0.3 is 20.9 Å². The second-order valence-corrected chi connectivity index (χ2v) is 15.0. The van der Waals surface area contributed by atoms with Gasteiger partial charge in [0.1, 0.15) is 12.1 Å². The van der Waals surface area contributed by atoms with Crippen LogP contribution in [0.25, 0.3) is 0 Å². The Morgan fingerprint density at radius 3 is 2.00 bits per heavy atom. The molecule has 0 aromatic rings. The fraction of sp³-hybridized carbons (Fsp3) is 0.839. The average molecular weight is 561 g/mol. The molecule has 3 N–H and O–H groups in total. The monoisotopic (exact) mass is 560 g/mol. The first kappa shape index (κ1) is 32.1. The number of likely N-dealkylation sites (tertiary alicyclic amines) is 1. The van der Waals surface area contributed by atoms with Crippen molar-refractivity contribution in [3.63, 3.8) is 0 Å². The maximum absolute atomic E-state index is 14.1. The predicted molar refractivity (Wildman–Crippen MR) is 154 cm³/mol. The van der Waals surface area contributed by atoms with E-state index in [1.165, 1.54) is 0 Å². The highest BCUT2D eigenvalue weighted by Crippen LogP contribution is 2.44. The average Bonchev–Trinajstić information content (AvgIpc) is 3.71. The van der Waals surface area contributed by atoms with Crippen molar-refractivity contribution in [3.8, 4) is 0 Å². The van der Waals surface area contributed by atoms with E-state index in [1.54, 1.807) is 18.7 Å². The summed E-state index contributed by atoms with van der Waals surface area (Å²) in [6, 6.07) is -2.58. The first-order valence-corrected chi connectivity index (χ1v) is 15.1. The molecule has 0 spiro atoms. The van der Waals surface area contributed by atoms with Gasteiger partial charge in [0.25, 0.3) is 5.91 Å². The highest BCUT2D eigenvalue weighted by atomic mass is 16.2. The summed E-state index contributed by atoms with van der Waals surface area (Å²) in [7, 11) is 0. The molecule has 9 nitrogen and oxygen atoms in total. The third-order valence-corrected chi connectivity index (χ3v) is 9.03. The molecule has 1 heterocycles. The van der Waals surface area contributed by atoms with Gasteiger partial charge in [-0.3, -0.25) is 24.0 Å². The Labute approximate surface area is 240 Å². The number of carbonyl (C=O) groups is 5. The van der Waals surface area contributed by atoms with Crippen molar-refractivity contribution in [1.82, 2.24) is 20.9 Å². The SMILES string of the molecule is CC(C)C(=O)N[C@H](C(=O)N1C[C@H](C)[C@H](C(C)C)[C@H]1C(=O)NC(CC1CC1)C(=O)C(=O)N[C@H]1CC1(C)C)C(C)(C)C. The molecule has 3 rings (SSSR count). The van der Waals surface area contributed by atoms with E-state index < -0.39 is 41.1 Å². The number of Topliss-reactive ketones (excluding diaryl/α,β-unsaturated/α-hetero) is 1. The topological polar surface area (TPSA) is 125 Å². The summed E-state index contributed by atoms with van der Waals surface area (Å²) < 4.78 is 0. The van der Waals surface area contributed by atoms with Crippen molar-refractivity contribution in [2.45, 2.75) is 119 Å². The molecule has 1 aliphatic heterocycles. The molecule has 1 unspecified atom stereocenters. The van der Waals surface area contributed by atoms with Gasteiger partial charge in [-0.2, -0.15) is 0 Å². The highest BCUT2D eigenvalue weighted by molar-refractivity contribution is 6.38. The Balaban J connectivity index is 1.86. The Kier molecular flexibility index (Phi) is 9.47. The summed E-state index contributed by atoms with van der Waals surface area (Å²) in [5, 5.41) is 8.68. The van der Waals surface area contributed by atoms with Crippen molar-refractivity contribution >= 4 is 29.4 Å². The maximum Gasteiger partial charge on any atom is 0.289 e. The third-order valence-electron chi connectivity index (χ3n) is 9.03. The number of nitrogens with zero attached hydrogens (tertiary/aromatic N) is 1. The Morgan fingerprint density at radius 1 is 0.975 bits per heavy atom. The van der Waals surface area contributed by atoms with Gasteiger partial charge in [-0.15, -0.1) is 0 Å². The summed E-state index contributed by atoms with van der Waals surface area (Å²) >= 11 is 0. The van der Waals surface area contributed by atoms with E-state index in [-0.39, 0.29) is 46.9 Å². The largest absolute Gasteiger partial charge is 0.346 e. The van der Waals surface area contributed by atoms with Gasteiger partial charge in [0.15, 0.2) is 0 Å². The van der Waals surface area contributed by atoms with E-state index in [4.69, 9.17) is 0 Å². The lowest BCUT2D eigenvalue weighted by molar-refractivity contribution is -0.146. The minimum Gasteiger partial charge on any atom is -0.346 e. The standard InChI is InChI=1S/C31H52N4O5/c1-16(2)22-18(5)15-35(29(40)25(30(6,7)8)34-26(37)17(3)4)23(22)27(38)32-20(13-19-11-12-19)24(36)28(39)33-21-14-31(21,9)10/h16-23,25H,11-15H2,1-10H3,(H,32,38)(H,33,39)(H,34,37)/t18-,20?,21-,22-,23-,25+/m0/s1. The van der Waals surface area contributed by atoms with Crippen LogP contribution >= 0.6 is 0 Å². The van der Waals surface area contributed by atoms with Crippen LogP contribution in [0, 0.1) is 40.4 Å². The predicted octanol–water partition coefficient (Wildman–Crippen LogP) is 3.06. The van der Waals surface area contributed by atoms with Gasteiger partial charge in [0, 0.05) is 18.5 Å². The first-order chi connectivity index (χ1) is 18.3. The van der Waals surface area contributed by atoms with Gasteiger partial charge in [-0.1, -0.05) is 82.1 Å². The zero-order chi connectivity index (χ0) is 30.3. The van der Waals surface area contributed by atoms with E-state index in [0.29, 0.717) is 18.9 Å². The minimum absolute atomic E-state index is 0.0227. The molecule has 6 atom stereocenters. The van der Waals surface area contributed by atoms with Crippen molar-refractivity contribution in [2.75, 3.05) is 6.54 Å². The molecule has 40 heavy (non-hydrogen) atoms. The zero-order valence-corrected chi connectivity index (χ0v) is 26.2. The summed E-state index contributed by atoms with van der Waals surface area (Å²) in [5.74, 6) is -2.18. The van der Waals surface area contributed by atoms with E-state index in [1.807, 2.05) is 55.4 Å². The summed E-state index contributed by atoms with van der Waals surface area (Å²) in [6.07, 6.45) is 3.18. The molecule has 0 radical (unpaired) electrons. The van der Waals surface area contributed by atoms with E-state index in [2.05, 4.69) is 16.0 Å². The van der Waals surface area contributed by atoms with E-state index in [0.717, 1.165) is 19.3 Å². The fourth-order valence-corrected chi connectivity index (χ4v) is 6.03. The lowest BCUT2D eigenvalue weighted by Gasteiger charge is -2.37. The van der Waals surface area contributed by atoms with Crippen LogP contribution in [0.1, 0.15) is 94.9 Å². The molecular formula is C31H52N4O5. The van der Waals surface area contributed by atoms with Gasteiger partial charge in [0.05, 0.1) is 6.04 Å². The van der Waals surface area contributed by atoms with E-state index >= 15 is 0 Å². The van der Waals surface area contributed by atoms with Crippen LogP contribution < -0.4 is 16.0 Å². The molecule has 226 valence electrons. The van der Waals surface area contributed by atoms with Crippen LogP contribution in [0.15, 0.2) is 0 Å². The number of carbonyl (C=O) groups excluding carboxylic acids is 5. The molecule has 2 saturated carbocycles. The van der Waals surface area contributed by atoms with Crippen molar-refractivity contribution in [1.29, 1.82) is 0 Å². The lowest BCUT2D eigenvalue weighted by Crippen LogP contribution is -2.60. The molecule has 0 aromatic carbocycles. The van der Waals surface area contributed by atoms with Gasteiger partial charge >= 0.3 is 0 Å². The second-order valence-electron chi connectivity index (χ2n) is 15.0. The summed E-state index contributed by atoms with van der Waals surface area (Å²) in [4.78, 5) is 68.5. The molecule has 3 fully saturated rings.